The fraction of sp³-hybridized carbons (Fsp3) is 0.457. The molecule has 0 amide bonds. The van der Waals surface area contributed by atoms with E-state index in [-0.39, 0.29) is 19.4 Å². The van der Waals surface area contributed by atoms with Crippen molar-refractivity contribution >= 4 is 5.97 Å². The van der Waals surface area contributed by atoms with Gasteiger partial charge in [0.15, 0.2) is 0 Å². The second-order valence-electron chi connectivity index (χ2n) is 10.6. The molecule has 0 aliphatic carbocycles. The Kier molecular flexibility index (Phi) is 13.7. The third-order valence-corrected chi connectivity index (χ3v) is 7.21. The highest BCUT2D eigenvalue weighted by molar-refractivity contribution is 5.91. The van der Waals surface area contributed by atoms with Gasteiger partial charge < -0.3 is 14.2 Å². The van der Waals surface area contributed by atoms with E-state index in [1.807, 2.05) is 43.3 Å². The van der Waals surface area contributed by atoms with Crippen molar-refractivity contribution in [3.63, 3.8) is 0 Å². The first-order valence-electron chi connectivity index (χ1n) is 15.1. The molecule has 0 saturated carbocycles. The van der Waals surface area contributed by atoms with Crippen LogP contribution in [0.15, 0.2) is 72.8 Å². The van der Waals surface area contributed by atoms with E-state index < -0.39 is 18.1 Å². The van der Waals surface area contributed by atoms with Crippen molar-refractivity contribution in [2.75, 3.05) is 13.2 Å². The average Bonchev–Trinajstić information content (AvgIpc) is 2.99. The molecular formula is C35H43F3O4. The third kappa shape index (κ3) is 11.4. The number of alkyl halides is 3. The lowest BCUT2D eigenvalue weighted by Crippen LogP contribution is -2.24. The predicted molar refractivity (Wildman–Crippen MR) is 161 cm³/mol. The maximum Gasteiger partial charge on any atom is 0.391 e. The zero-order valence-corrected chi connectivity index (χ0v) is 24.8. The van der Waals surface area contributed by atoms with Crippen molar-refractivity contribution in [3.8, 4) is 28.4 Å². The Balaban J connectivity index is 1.44. The van der Waals surface area contributed by atoms with E-state index in [0.717, 1.165) is 36.3 Å². The molecular weight excluding hydrogens is 541 g/mol. The first-order valence-corrected chi connectivity index (χ1v) is 15.1. The van der Waals surface area contributed by atoms with Crippen molar-refractivity contribution in [2.24, 2.45) is 5.92 Å². The van der Waals surface area contributed by atoms with Crippen LogP contribution in [0.25, 0.3) is 11.1 Å². The number of rotatable bonds is 18. The Hall–Kier alpha value is -3.48. The van der Waals surface area contributed by atoms with Crippen LogP contribution in [-0.2, 0) is 0 Å². The summed E-state index contributed by atoms with van der Waals surface area (Å²) in [5.74, 6) is -0.269. The molecule has 0 saturated heterocycles. The number of carbonyl (C=O) groups excluding carboxylic acids is 1. The van der Waals surface area contributed by atoms with Gasteiger partial charge in [-0.3, -0.25) is 0 Å². The molecule has 0 aliphatic rings. The monoisotopic (exact) mass is 584 g/mol. The highest BCUT2D eigenvalue weighted by Gasteiger charge is 2.38. The molecule has 0 spiro atoms. The lowest BCUT2D eigenvalue weighted by Gasteiger charge is -2.20. The van der Waals surface area contributed by atoms with Crippen molar-refractivity contribution in [2.45, 2.75) is 84.2 Å². The summed E-state index contributed by atoms with van der Waals surface area (Å²) < 4.78 is 56.4. The van der Waals surface area contributed by atoms with E-state index in [1.54, 1.807) is 36.4 Å². The van der Waals surface area contributed by atoms with Crippen LogP contribution in [0.2, 0.25) is 0 Å². The van der Waals surface area contributed by atoms with Crippen LogP contribution in [0.1, 0.15) is 88.4 Å². The number of hydrogen-bond donors (Lipinski definition) is 0. The molecule has 7 heteroatoms. The number of halogens is 3. The van der Waals surface area contributed by atoms with Gasteiger partial charge in [0.1, 0.15) is 17.2 Å². The number of carbonyl (C=O) groups is 1. The number of hydrogen-bond acceptors (Lipinski definition) is 4. The van der Waals surface area contributed by atoms with Crippen LogP contribution in [0.3, 0.4) is 0 Å². The van der Waals surface area contributed by atoms with Crippen LogP contribution >= 0.6 is 0 Å². The molecule has 1 unspecified atom stereocenters. The molecule has 228 valence electrons. The summed E-state index contributed by atoms with van der Waals surface area (Å²) in [5.41, 5.74) is 2.39. The Bertz CT molecular complexity index is 1170. The van der Waals surface area contributed by atoms with Crippen molar-refractivity contribution in [3.05, 3.63) is 78.4 Å². The topological polar surface area (TPSA) is 44.8 Å². The smallest absolute Gasteiger partial charge is 0.391 e. The van der Waals surface area contributed by atoms with E-state index in [4.69, 9.17) is 14.2 Å². The largest absolute Gasteiger partial charge is 0.494 e. The first-order chi connectivity index (χ1) is 20.3. The standard InChI is InChI=1S/C35H43F3O4/c1-3-5-7-8-9-10-25-40-31-18-16-28(17-19-31)27-12-14-29(15-13-27)34(39)42-33-22-20-32(21-23-33)41-26-24-30(11-6-4-2)35(36,37)38/h12-23,30H,3-11,24-26H2,1-2H3. The molecule has 1 atom stereocenters. The van der Waals surface area contributed by atoms with Crippen molar-refractivity contribution < 1.29 is 32.2 Å². The Morgan fingerprint density at radius 2 is 1.12 bits per heavy atom. The second-order valence-corrected chi connectivity index (χ2v) is 10.6. The summed E-state index contributed by atoms with van der Waals surface area (Å²) in [6.07, 6.45) is 4.43. The van der Waals surface area contributed by atoms with Crippen LogP contribution in [0.5, 0.6) is 17.2 Å². The van der Waals surface area contributed by atoms with Gasteiger partial charge in [-0.1, -0.05) is 83.1 Å². The van der Waals surface area contributed by atoms with Gasteiger partial charge >= 0.3 is 12.1 Å². The molecule has 3 aromatic rings. The van der Waals surface area contributed by atoms with E-state index in [0.29, 0.717) is 23.5 Å². The van der Waals surface area contributed by atoms with Gasteiger partial charge in [0, 0.05) is 0 Å². The highest BCUT2D eigenvalue weighted by atomic mass is 19.4. The third-order valence-electron chi connectivity index (χ3n) is 7.21. The first kappa shape index (κ1) is 33.0. The second kappa shape index (κ2) is 17.5. The maximum absolute atomic E-state index is 13.2. The molecule has 0 radical (unpaired) electrons. The van der Waals surface area contributed by atoms with Gasteiger partial charge in [0.25, 0.3) is 0 Å². The van der Waals surface area contributed by atoms with Crippen LogP contribution in [0, 0.1) is 5.92 Å². The van der Waals surface area contributed by atoms with E-state index in [1.165, 1.54) is 32.1 Å². The summed E-state index contributed by atoms with van der Waals surface area (Å²) in [6.45, 7) is 4.78. The van der Waals surface area contributed by atoms with E-state index in [9.17, 15) is 18.0 Å². The summed E-state index contributed by atoms with van der Waals surface area (Å²) in [6, 6.07) is 21.4. The zero-order valence-electron chi connectivity index (χ0n) is 24.8. The quantitative estimate of drug-likeness (QED) is 0.0848. The number of unbranched alkanes of at least 4 members (excludes halogenated alkanes) is 6. The fourth-order valence-corrected chi connectivity index (χ4v) is 4.63. The van der Waals surface area contributed by atoms with Crippen LogP contribution < -0.4 is 14.2 Å². The maximum atomic E-state index is 13.2. The molecule has 0 heterocycles. The minimum Gasteiger partial charge on any atom is -0.494 e. The average molecular weight is 585 g/mol. The molecule has 42 heavy (non-hydrogen) atoms. The van der Waals surface area contributed by atoms with Crippen LogP contribution in [-0.4, -0.2) is 25.4 Å². The van der Waals surface area contributed by atoms with E-state index in [2.05, 4.69) is 6.92 Å². The lowest BCUT2D eigenvalue weighted by atomic mass is 9.98. The van der Waals surface area contributed by atoms with Crippen molar-refractivity contribution in [1.29, 1.82) is 0 Å². The molecule has 3 aromatic carbocycles. The molecule has 3 rings (SSSR count). The SMILES string of the molecule is CCCCCCCCOc1ccc(-c2ccc(C(=O)Oc3ccc(OCCC(CCCC)C(F)(F)F)cc3)cc2)cc1. The molecule has 0 aliphatic heterocycles. The number of benzene rings is 3. The summed E-state index contributed by atoms with van der Waals surface area (Å²) >= 11 is 0. The molecule has 0 bridgehead atoms. The number of ether oxygens (including phenoxy) is 3. The van der Waals surface area contributed by atoms with Gasteiger partial charge in [-0.15, -0.1) is 0 Å². The summed E-state index contributed by atoms with van der Waals surface area (Å²) in [7, 11) is 0. The number of esters is 1. The van der Waals surface area contributed by atoms with Gasteiger partial charge in [-0.05, 0) is 78.9 Å². The predicted octanol–water partition coefficient (Wildman–Crippen LogP) is 10.4. The Morgan fingerprint density at radius 1 is 0.619 bits per heavy atom. The Morgan fingerprint density at radius 3 is 1.71 bits per heavy atom. The summed E-state index contributed by atoms with van der Waals surface area (Å²) in [5, 5.41) is 0. The van der Waals surface area contributed by atoms with Gasteiger partial charge in [0.2, 0.25) is 0 Å². The molecule has 0 N–H and O–H groups in total. The molecule has 0 fully saturated rings. The zero-order chi connectivity index (χ0) is 30.2. The van der Waals surface area contributed by atoms with E-state index >= 15 is 0 Å². The van der Waals surface area contributed by atoms with Crippen molar-refractivity contribution in [1.82, 2.24) is 0 Å². The Labute approximate surface area is 248 Å². The van der Waals surface area contributed by atoms with Crippen LogP contribution in [0.4, 0.5) is 13.2 Å². The van der Waals surface area contributed by atoms with Gasteiger partial charge in [-0.2, -0.15) is 13.2 Å². The lowest BCUT2D eigenvalue weighted by molar-refractivity contribution is -0.179. The minimum atomic E-state index is -4.22. The highest BCUT2D eigenvalue weighted by Crippen LogP contribution is 2.33. The minimum absolute atomic E-state index is 0.0334. The van der Waals surface area contributed by atoms with Gasteiger partial charge in [-0.25, -0.2) is 4.79 Å². The summed E-state index contributed by atoms with van der Waals surface area (Å²) in [4.78, 5) is 12.6. The normalized spacial score (nSPS) is 12.1. The van der Waals surface area contributed by atoms with Gasteiger partial charge in [0.05, 0.1) is 24.7 Å². The molecule has 0 aromatic heterocycles. The fourth-order valence-electron chi connectivity index (χ4n) is 4.63. The molecule has 4 nitrogen and oxygen atoms in total.